The summed E-state index contributed by atoms with van der Waals surface area (Å²) in [4.78, 5) is 22.7. The number of carbonyl (C=O) groups is 2. The molecule has 0 aromatic heterocycles. The summed E-state index contributed by atoms with van der Waals surface area (Å²) < 4.78 is 5.01. The molecule has 0 aromatic rings. The first-order valence-electron chi connectivity index (χ1n) is 5.75. The second-order valence-electron chi connectivity index (χ2n) is 6.02. The molecule has 2 amide bonds. The summed E-state index contributed by atoms with van der Waals surface area (Å²) in [7, 11) is 0. The molecule has 0 atom stereocenters. The lowest BCUT2D eigenvalue weighted by molar-refractivity contribution is -0.152. The Kier molecular flexibility index (Phi) is 5.45. The van der Waals surface area contributed by atoms with Gasteiger partial charge in [0.05, 0.1) is 12.0 Å². The summed E-state index contributed by atoms with van der Waals surface area (Å²) in [6, 6.07) is -0.260. The molecule has 0 unspecified atom stereocenters. The van der Waals surface area contributed by atoms with E-state index in [-0.39, 0.29) is 24.1 Å². The van der Waals surface area contributed by atoms with Crippen LogP contribution in [-0.2, 0) is 9.53 Å². The summed E-state index contributed by atoms with van der Waals surface area (Å²) in [6.07, 6.45) is 0. The van der Waals surface area contributed by atoms with Gasteiger partial charge in [-0.1, -0.05) is 0 Å². The zero-order chi connectivity index (χ0) is 13.7. The van der Waals surface area contributed by atoms with Crippen molar-refractivity contribution in [2.45, 2.75) is 47.1 Å². The van der Waals surface area contributed by atoms with Gasteiger partial charge in [0.1, 0.15) is 6.61 Å². The van der Waals surface area contributed by atoms with Crippen molar-refractivity contribution in [3.63, 3.8) is 0 Å². The molecule has 0 aliphatic carbocycles. The molecule has 0 spiro atoms. The Bertz CT molecular complexity index is 274. The third-order valence-corrected chi connectivity index (χ3v) is 1.72. The van der Waals surface area contributed by atoms with Gasteiger partial charge in [0, 0.05) is 5.54 Å². The van der Waals surface area contributed by atoms with E-state index in [0.717, 1.165) is 0 Å². The molecule has 0 fully saturated rings. The van der Waals surface area contributed by atoms with Crippen LogP contribution in [0.2, 0.25) is 0 Å². The van der Waals surface area contributed by atoms with Crippen molar-refractivity contribution in [1.29, 1.82) is 0 Å². The number of urea groups is 1. The number of amides is 2. The Morgan fingerprint density at radius 1 is 1.06 bits per heavy atom. The number of rotatable bonds is 3. The van der Waals surface area contributed by atoms with Crippen LogP contribution in [0.5, 0.6) is 0 Å². The van der Waals surface area contributed by atoms with E-state index in [9.17, 15) is 9.59 Å². The minimum atomic E-state index is -0.506. The molecule has 0 aromatic carbocycles. The Hall–Kier alpha value is -1.26. The molecule has 0 saturated carbocycles. The topological polar surface area (TPSA) is 67.4 Å². The highest BCUT2D eigenvalue weighted by molar-refractivity contribution is 5.76. The van der Waals surface area contributed by atoms with Crippen molar-refractivity contribution < 1.29 is 14.3 Å². The van der Waals surface area contributed by atoms with E-state index in [1.165, 1.54) is 0 Å². The monoisotopic (exact) mass is 244 g/mol. The fraction of sp³-hybridized carbons (Fsp3) is 0.833. The largest absolute Gasteiger partial charge is 0.463 e. The molecule has 0 aliphatic rings. The van der Waals surface area contributed by atoms with Crippen molar-refractivity contribution in [2.75, 3.05) is 13.2 Å². The van der Waals surface area contributed by atoms with Gasteiger partial charge in [-0.2, -0.15) is 0 Å². The van der Waals surface area contributed by atoms with E-state index in [1.54, 1.807) is 20.8 Å². The zero-order valence-corrected chi connectivity index (χ0v) is 11.6. The Morgan fingerprint density at radius 2 is 1.59 bits per heavy atom. The Labute approximate surface area is 103 Å². The number of hydrogen-bond acceptors (Lipinski definition) is 3. The minimum Gasteiger partial charge on any atom is -0.463 e. The van der Waals surface area contributed by atoms with Gasteiger partial charge in [0.15, 0.2) is 0 Å². The number of esters is 1. The number of hydrogen-bond donors (Lipinski definition) is 2. The summed E-state index contributed by atoms with van der Waals surface area (Å²) >= 11 is 0. The van der Waals surface area contributed by atoms with Crippen LogP contribution in [0.15, 0.2) is 0 Å². The SMILES string of the molecule is CC(C)(C)NC(=O)NCCOC(=O)C(C)(C)C. The van der Waals surface area contributed by atoms with Gasteiger partial charge in [-0.25, -0.2) is 4.79 Å². The van der Waals surface area contributed by atoms with E-state index in [0.29, 0.717) is 6.54 Å². The molecule has 0 aliphatic heterocycles. The molecule has 0 radical (unpaired) electrons. The van der Waals surface area contributed by atoms with Crippen LogP contribution < -0.4 is 10.6 Å². The van der Waals surface area contributed by atoms with Gasteiger partial charge in [0.25, 0.3) is 0 Å². The van der Waals surface area contributed by atoms with Crippen molar-refractivity contribution in [3.05, 3.63) is 0 Å². The van der Waals surface area contributed by atoms with Crippen LogP contribution in [-0.4, -0.2) is 30.7 Å². The van der Waals surface area contributed by atoms with Gasteiger partial charge in [-0.15, -0.1) is 0 Å². The summed E-state index contributed by atoms with van der Waals surface area (Å²) in [5, 5.41) is 5.37. The highest BCUT2D eigenvalue weighted by Gasteiger charge is 2.22. The molecule has 5 heteroatoms. The van der Waals surface area contributed by atoms with Crippen LogP contribution >= 0.6 is 0 Å². The highest BCUT2D eigenvalue weighted by Crippen LogP contribution is 2.14. The third kappa shape index (κ3) is 8.54. The lowest BCUT2D eigenvalue weighted by Gasteiger charge is -2.21. The minimum absolute atomic E-state index is 0.188. The second-order valence-corrected chi connectivity index (χ2v) is 6.02. The van der Waals surface area contributed by atoms with Crippen molar-refractivity contribution in [3.8, 4) is 0 Å². The normalized spacial score (nSPS) is 11.9. The molecule has 0 rings (SSSR count). The highest BCUT2D eigenvalue weighted by atomic mass is 16.5. The molecule has 0 bridgehead atoms. The number of nitrogens with one attached hydrogen (secondary N) is 2. The third-order valence-electron chi connectivity index (χ3n) is 1.72. The van der Waals surface area contributed by atoms with E-state index in [1.807, 2.05) is 20.8 Å². The first kappa shape index (κ1) is 15.7. The van der Waals surface area contributed by atoms with Gasteiger partial charge >= 0.3 is 12.0 Å². The first-order chi connectivity index (χ1) is 7.52. The second kappa shape index (κ2) is 5.89. The average molecular weight is 244 g/mol. The summed E-state index contributed by atoms with van der Waals surface area (Å²) in [5.74, 6) is -0.268. The summed E-state index contributed by atoms with van der Waals surface area (Å²) in [5.41, 5.74) is -0.778. The molecule has 2 N–H and O–H groups in total. The maximum absolute atomic E-state index is 11.4. The maximum atomic E-state index is 11.4. The van der Waals surface area contributed by atoms with Crippen molar-refractivity contribution >= 4 is 12.0 Å². The fourth-order valence-electron chi connectivity index (χ4n) is 0.910. The van der Waals surface area contributed by atoms with Crippen LogP contribution in [0.4, 0.5) is 4.79 Å². The van der Waals surface area contributed by atoms with E-state index in [4.69, 9.17) is 4.74 Å². The molecular weight excluding hydrogens is 220 g/mol. The van der Waals surface area contributed by atoms with E-state index < -0.39 is 5.41 Å². The Balaban J connectivity index is 3.73. The van der Waals surface area contributed by atoms with Crippen molar-refractivity contribution in [2.24, 2.45) is 5.41 Å². The zero-order valence-electron chi connectivity index (χ0n) is 11.6. The first-order valence-corrected chi connectivity index (χ1v) is 5.75. The lowest BCUT2D eigenvalue weighted by Crippen LogP contribution is -2.47. The molecule has 5 nitrogen and oxygen atoms in total. The predicted molar refractivity (Wildman–Crippen MR) is 66.7 cm³/mol. The van der Waals surface area contributed by atoms with Crippen LogP contribution in [0.3, 0.4) is 0 Å². The predicted octanol–water partition coefficient (Wildman–Crippen LogP) is 1.67. The van der Waals surface area contributed by atoms with Gasteiger partial charge < -0.3 is 15.4 Å². The van der Waals surface area contributed by atoms with Crippen molar-refractivity contribution in [1.82, 2.24) is 10.6 Å². The molecular formula is C12H24N2O3. The molecule has 0 heterocycles. The summed E-state index contributed by atoms with van der Waals surface area (Å²) in [6.45, 7) is 11.5. The van der Waals surface area contributed by atoms with Crippen LogP contribution in [0, 0.1) is 5.41 Å². The van der Waals surface area contributed by atoms with Gasteiger partial charge in [0.2, 0.25) is 0 Å². The van der Waals surface area contributed by atoms with E-state index in [2.05, 4.69) is 10.6 Å². The molecule has 0 saturated heterocycles. The molecule has 100 valence electrons. The Morgan fingerprint density at radius 3 is 2.00 bits per heavy atom. The maximum Gasteiger partial charge on any atom is 0.315 e. The molecule has 17 heavy (non-hydrogen) atoms. The van der Waals surface area contributed by atoms with Gasteiger partial charge in [-0.3, -0.25) is 4.79 Å². The van der Waals surface area contributed by atoms with Gasteiger partial charge in [-0.05, 0) is 41.5 Å². The van der Waals surface area contributed by atoms with Crippen LogP contribution in [0.25, 0.3) is 0 Å². The fourth-order valence-corrected chi connectivity index (χ4v) is 0.910. The lowest BCUT2D eigenvalue weighted by atomic mass is 9.97. The average Bonchev–Trinajstić information content (AvgIpc) is 2.07. The number of ether oxygens (including phenoxy) is 1. The quantitative estimate of drug-likeness (QED) is 0.586. The van der Waals surface area contributed by atoms with Crippen LogP contribution in [0.1, 0.15) is 41.5 Å². The standard InChI is InChI=1S/C12H24N2O3/c1-11(2,3)9(15)17-8-7-13-10(16)14-12(4,5)6/h7-8H2,1-6H3,(H2,13,14,16). The number of carbonyl (C=O) groups excluding carboxylic acids is 2. The van der Waals surface area contributed by atoms with E-state index >= 15 is 0 Å². The smallest absolute Gasteiger partial charge is 0.315 e.